The van der Waals surface area contributed by atoms with Gasteiger partial charge in [-0.2, -0.15) is 0 Å². The van der Waals surface area contributed by atoms with Gasteiger partial charge in [-0.05, 0) is 5.92 Å². The smallest absolute Gasteiger partial charge is 0.0949 e. The number of nitrogens with zero attached hydrogens (tertiary/aromatic N) is 2. The van der Waals surface area contributed by atoms with Gasteiger partial charge in [0.1, 0.15) is 0 Å². The highest BCUT2D eigenvalue weighted by atomic mass is 15.1. The van der Waals surface area contributed by atoms with Crippen molar-refractivity contribution in [3.05, 3.63) is 18.7 Å². The van der Waals surface area contributed by atoms with Gasteiger partial charge in [0.25, 0.3) is 0 Å². The zero-order chi connectivity index (χ0) is 8.27. The van der Waals surface area contributed by atoms with Crippen molar-refractivity contribution in [3.8, 4) is 0 Å². The van der Waals surface area contributed by atoms with E-state index < -0.39 is 0 Å². The lowest BCUT2D eigenvalue weighted by molar-refractivity contribution is 0.384. The van der Waals surface area contributed by atoms with Crippen molar-refractivity contribution in [1.29, 1.82) is 0 Å². The first-order valence-electron chi connectivity index (χ1n) is 3.93. The Labute approximate surface area is 67.2 Å². The summed E-state index contributed by atoms with van der Waals surface area (Å²) in [4.78, 5) is 3.98. The maximum Gasteiger partial charge on any atom is 0.0949 e. The normalized spacial score (nSPS) is 13.8. The van der Waals surface area contributed by atoms with Crippen molar-refractivity contribution in [3.63, 3.8) is 0 Å². The van der Waals surface area contributed by atoms with Gasteiger partial charge in [-0.25, -0.2) is 4.98 Å². The summed E-state index contributed by atoms with van der Waals surface area (Å²) in [5.41, 5.74) is 5.62. The molecule has 1 aromatic rings. The Morgan fingerprint density at radius 3 is 2.64 bits per heavy atom. The van der Waals surface area contributed by atoms with E-state index in [1.807, 2.05) is 12.5 Å². The molecule has 11 heavy (non-hydrogen) atoms. The molecule has 0 spiro atoms. The van der Waals surface area contributed by atoms with Crippen LogP contribution in [-0.2, 0) is 0 Å². The number of rotatable bonds is 3. The zero-order valence-electron chi connectivity index (χ0n) is 7.07. The molecule has 1 rings (SSSR count). The first-order valence-corrected chi connectivity index (χ1v) is 3.93. The molecule has 3 nitrogen and oxygen atoms in total. The Bertz CT molecular complexity index is 191. The second kappa shape index (κ2) is 3.53. The van der Waals surface area contributed by atoms with Crippen molar-refractivity contribution in [1.82, 2.24) is 9.55 Å². The third-order valence-corrected chi connectivity index (χ3v) is 1.92. The molecule has 3 heteroatoms. The maximum absolute atomic E-state index is 5.62. The molecule has 1 unspecified atom stereocenters. The highest BCUT2D eigenvalue weighted by Crippen LogP contribution is 2.14. The van der Waals surface area contributed by atoms with E-state index in [9.17, 15) is 0 Å². The molecule has 62 valence electrons. The summed E-state index contributed by atoms with van der Waals surface area (Å²) < 4.78 is 2.06. The Morgan fingerprint density at radius 1 is 1.55 bits per heavy atom. The van der Waals surface area contributed by atoms with Crippen LogP contribution in [0.1, 0.15) is 19.9 Å². The van der Waals surface area contributed by atoms with Crippen LogP contribution in [0.2, 0.25) is 0 Å². The molecule has 0 amide bonds. The number of imidazole rings is 1. The lowest BCUT2D eigenvalue weighted by Gasteiger charge is -2.19. The van der Waals surface area contributed by atoms with Crippen molar-refractivity contribution < 1.29 is 0 Å². The van der Waals surface area contributed by atoms with Crippen LogP contribution in [-0.4, -0.2) is 16.1 Å². The molecule has 0 radical (unpaired) electrons. The van der Waals surface area contributed by atoms with Crippen LogP contribution in [0.25, 0.3) is 0 Å². The number of hydrogen-bond donors (Lipinski definition) is 1. The lowest BCUT2D eigenvalue weighted by Crippen LogP contribution is -2.22. The third kappa shape index (κ3) is 1.80. The number of hydrogen-bond acceptors (Lipinski definition) is 2. The van der Waals surface area contributed by atoms with E-state index in [4.69, 9.17) is 5.73 Å². The molecule has 0 bridgehead atoms. The summed E-state index contributed by atoms with van der Waals surface area (Å²) in [7, 11) is 0. The van der Waals surface area contributed by atoms with Gasteiger partial charge < -0.3 is 10.3 Å². The van der Waals surface area contributed by atoms with E-state index in [1.54, 1.807) is 6.20 Å². The molecule has 0 aromatic carbocycles. The maximum atomic E-state index is 5.62. The van der Waals surface area contributed by atoms with E-state index in [2.05, 4.69) is 23.4 Å². The van der Waals surface area contributed by atoms with Crippen LogP contribution in [0.5, 0.6) is 0 Å². The van der Waals surface area contributed by atoms with Gasteiger partial charge in [-0.1, -0.05) is 13.8 Å². The van der Waals surface area contributed by atoms with E-state index >= 15 is 0 Å². The van der Waals surface area contributed by atoms with Crippen molar-refractivity contribution >= 4 is 0 Å². The molecule has 1 heterocycles. The predicted molar refractivity (Wildman–Crippen MR) is 45.2 cm³/mol. The summed E-state index contributed by atoms with van der Waals surface area (Å²) in [6.07, 6.45) is 5.56. The van der Waals surface area contributed by atoms with Crippen LogP contribution in [0.4, 0.5) is 0 Å². The van der Waals surface area contributed by atoms with Gasteiger partial charge in [-0.15, -0.1) is 0 Å². The molecule has 0 aliphatic rings. The van der Waals surface area contributed by atoms with E-state index in [1.165, 1.54) is 0 Å². The molecule has 1 aromatic heterocycles. The first-order chi connectivity index (χ1) is 5.25. The molecule has 2 N–H and O–H groups in total. The highest BCUT2D eigenvalue weighted by Gasteiger charge is 2.11. The van der Waals surface area contributed by atoms with Gasteiger partial charge in [0, 0.05) is 25.0 Å². The SMILES string of the molecule is CC(C)C(CN)n1ccnc1. The van der Waals surface area contributed by atoms with Crippen molar-refractivity contribution in [2.24, 2.45) is 11.7 Å². The molecule has 1 atom stereocenters. The third-order valence-electron chi connectivity index (χ3n) is 1.92. The van der Waals surface area contributed by atoms with E-state index in [0.29, 0.717) is 18.5 Å². The molecule has 0 aliphatic carbocycles. The molecule has 0 fully saturated rings. The van der Waals surface area contributed by atoms with Crippen LogP contribution >= 0.6 is 0 Å². The second-order valence-corrected chi connectivity index (χ2v) is 3.06. The van der Waals surface area contributed by atoms with E-state index in [0.717, 1.165) is 0 Å². The fourth-order valence-corrected chi connectivity index (χ4v) is 1.20. The van der Waals surface area contributed by atoms with Crippen LogP contribution in [0, 0.1) is 5.92 Å². The summed E-state index contributed by atoms with van der Waals surface area (Å²) in [6, 6.07) is 0.387. The standard InChI is InChI=1S/C8H15N3/c1-7(2)8(5-9)11-4-3-10-6-11/h3-4,6-8H,5,9H2,1-2H3. The highest BCUT2D eigenvalue weighted by molar-refractivity contribution is 4.82. The first kappa shape index (κ1) is 8.27. The second-order valence-electron chi connectivity index (χ2n) is 3.06. The van der Waals surface area contributed by atoms with Crippen LogP contribution < -0.4 is 5.73 Å². The minimum Gasteiger partial charge on any atom is -0.333 e. The zero-order valence-corrected chi connectivity index (χ0v) is 7.07. The van der Waals surface area contributed by atoms with Gasteiger partial charge in [0.05, 0.1) is 6.33 Å². The summed E-state index contributed by atoms with van der Waals surface area (Å²) in [5, 5.41) is 0. The molecule has 0 saturated carbocycles. The number of nitrogens with two attached hydrogens (primary N) is 1. The Balaban J connectivity index is 2.71. The Morgan fingerprint density at radius 2 is 2.27 bits per heavy atom. The fraction of sp³-hybridized carbons (Fsp3) is 0.625. The van der Waals surface area contributed by atoms with Gasteiger partial charge in [0.15, 0.2) is 0 Å². The Hall–Kier alpha value is -0.830. The average molecular weight is 153 g/mol. The van der Waals surface area contributed by atoms with Gasteiger partial charge in [0.2, 0.25) is 0 Å². The van der Waals surface area contributed by atoms with Crippen LogP contribution in [0.3, 0.4) is 0 Å². The molecular formula is C8H15N3. The quantitative estimate of drug-likeness (QED) is 0.705. The Kier molecular flexibility index (Phi) is 2.65. The summed E-state index contributed by atoms with van der Waals surface area (Å²) >= 11 is 0. The van der Waals surface area contributed by atoms with E-state index in [-0.39, 0.29) is 0 Å². The molecule has 0 saturated heterocycles. The minimum absolute atomic E-state index is 0.387. The van der Waals surface area contributed by atoms with Crippen molar-refractivity contribution in [2.45, 2.75) is 19.9 Å². The van der Waals surface area contributed by atoms with Crippen molar-refractivity contribution in [2.75, 3.05) is 6.54 Å². The topological polar surface area (TPSA) is 43.8 Å². The average Bonchev–Trinajstić information content (AvgIpc) is 2.40. The largest absolute Gasteiger partial charge is 0.333 e. The van der Waals surface area contributed by atoms with Crippen LogP contribution in [0.15, 0.2) is 18.7 Å². The summed E-state index contributed by atoms with van der Waals surface area (Å²) in [5.74, 6) is 0.564. The predicted octanol–water partition coefficient (Wildman–Crippen LogP) is 1.04. The molecular weight excluding hydrogens is 138 g/mol. The lowest BCUT2D eigenvalue weighted by atomic mass is 10.1. The van der Waals surface area contributed by atoms with Gasteiger partial charge in [-0.3, -0.25) is 0 Å². The molecule has 0 aliphatic heterocycles. The number of aromatic nitrogens is 2. The monoisotopic (exact) mass is 153 g/mol. The summed E-state index contributed by atoms with van der Waals surface area (Å²) in [6.45, 7) is 5.00. The fourth-order valence-electron chi connectivity index (χ4n) is 1.20. The van der Waals surface area contributed by atoms with Gasteiger partial charge >= 0.3 is 0 Å². The minimum atomic E-state index is 0.387.